The third-order valence-corrected chi connectivity index (χ3v) is 5.29. The zero-order valence-electron chi connectivity index (χ0n) is 16.8. The Bertz CT molecular complexity index is 980. The van der Waals surface area contributed by atoms with E-state index >= 15 is 0 Å². The molecular weight excluding hydrogens is 369 g/mol. The van der Waals surface area contributed by atoms with Crippen LogP contribution in [-0.2, 0) is 11.3 Å². The second-order valence-corrected chi connectivity index (χ2v) is 7.35. The lowest BCUT2D eigenvalue weighted by molar-refractivity contribution is 0.110. The molecule has 0 unspecified atom stereocenters. The molecule has 1 aromatic heterocycles. The fourth-order valence-electron chi connectivity index (χ4n) is 3.71. The fourth-order valence-corrected chi connectivity index (χ4v) is 3.71. The van der Waals surface area contributed by atoms with Crippen LogP contribution in [0.4, 0.5) is 4.39 Å². The van der Waals surface area contributed by atoms with Gasteiger partial charge in [-0.25, -0.2) is 9.07 Å². The number of nitrogens with zero attached hydrogens (tertiary/aromatic N) is 2. The molecule has 0 spiro atoms. The van der Waals surface area contributed by atoms with Gasteiger partial charge in [0.2, 0.25) is 0 Å². The number of nitrogens with one attached hydrogen (secondary N) is 1. The van der Waals surface area contributed by atoms with Crippen LogP contribution in [0.25, 0.3) is 16.9 Å². The quantitative estimate of drug-likeness (QED) is 0.649. The van der Waals surface area contributed by atoms with Crippen molar-refractivity contribution in [3.05, 3.63) is 65.6 Å². The van der Waals surface area contributed by atoms with E-state index in [1.165, 1.54) is 13.2 Å². The highest BCUT2D eigenvalue weighted by molar-refractivity contribution is 5.64. The first kappa shape index (κ1) is 19.6. The third-order valence-electron chi connectivity index (χ3n) is 5.29. The number of hydrogen-bond acceptors (Lipinski definition) is 4. The van der Waals surface area contributed by atoms with Gasteiger partial charge in [0.05, 0.1) is 24.6 Å². The van der Waals surface area contributed by atoms with Crippen molar-refractivity contribution in [2.24, 2.45) is 0 Å². The molecule has 5 nitrogen and oxygen atoms in total. The number of hydrogen-bond donors (Lipinski definition) is 1. The van der Waals surface area contributed by atoms with Crippen LogP contribution < -0.4 is 10.1 Å². The van der Waals surface area contributed by atoms with E-state index in [0.717, 1.165) is 54.1 Å². The average molecular weight is 395 g/mol. The van der Waals surface area contributed by atoms with Crippen molar-refractivity contribution >= 4 is 0 Å². The van der Waals surface area contributed by atoms with Crippen molar-refractivity contribution in [2.45, 2.75) is 32.4 Å². The molecule has 2 heterocycles. The Kier molecular flexibility index (Phi) is 5.92. The number of benzene rings is 2. The molecule has 0 aliphatic carbocycles. The van der Waals surface area contributed by atoms with Crippen molar-refractivity contribution in [3.63, 3.8) is 0 Å². The first-order valence-electron chi connectivity index (χ1n) is 9.96. The normalized spacial score (nSPS) is 16.3. The van der Waals surface area contributed by atoms with Gasteiger partial charge >= 0.3 is 0 Å². The van der Waals surface area contributed by atoms with Gasteiger partial charge in [-0.3, -0.25) is 0 Å². The Balaban J connectivity index is 1.65. The van der Waals surface area contributed by atoms with Gasteiger partial charge in [0.25, 0.3) is 0 Å². The van der Waals surface area contributed by atoms with Crippen LogP contribution in [0.2, 0.25) is 0 Å². The summed E-state index contributed by atoms with van der Waals surface area (Å²) in [6.45, 7) is 4.33. The molecule has 0 saturated carbocycles. The van der Waals surface area contributed by atoms with E-state index in [2.05, 4.69) is 18.3 Å². The number of halogens is 1. The summed E-state index contributed by atoms with van der Waals surface area (Å²) in [4.78, 5) is 0. The van der Waals surface area contributed by atoms with E-state index in [0.29, 0.717) is 6.54 Å². The van der Waals surface area contributed by atoms with Gasteiger partial charge in [-0.15, -0.1) is 0 Å². The first-order valence-corrected chi connectivity index (χ1v) is 9.96. The number of para-hydroxylation sites is 1. The van der Waals surface area contributed by atoms with E-state index in [1.54, 1.807) is 6.07 Å². The highest BCUT2D eigenvalue weighted by Crippen LogP contribution is 2.28. The summed E-state index contributed by atoms with van der Waals surface area (Å²) >= 11 is 0. The molecule has 1 aliphatic rings. The number of aromatic nitrogens is 2. The number of rotatable bonds is 7. The maximum atomic E-state index is 14.3. The standard InChI is InChI=1S/C23H26FN3O2/c1-16-6-3-4-8-21(16)27-15-18(13-25-14-19-7-5-11-29-19)23(26-27)17-9-10-22(28-2)20(24)12-17/h3-4,6,8-10,12,15,19,25H,5,7,11,13-14H2,1-2H3/t19-/m1/s1. The lowest BCUT2D eigenvalue weighted by Crippen LogP contribution is -2.25. The van der Waals surface area contributed by atoms with Crippen LogP contribution in [0.3, 0.4) is 0 Å². The van der Waals surface area contributed by atoms with Gasteiger partial charge in [-0.2, -0.15) is 5.10 Å². The van der Waals surface area contributed by atoms with Crippen molar-refractivity contribution < 1.29 is 13.9 Å². The average Bonchev–Trinajstić information content (AvgIpc) is 3.38. The summed E-state index contributed by atoms with van der Waals surface area (Å²) in [5, 5.41) is 8.27. The zero-order chi connectivity index (χ0) is 20.2. The zero-order valence-corrected chi connectivity index (χ0v) is 16.8. The molecule has 1 aliphatic heterocycles. The van der Waals surface area contributed by atoms with Crippen LogP contribution in [0.5, 0.6) is 5.75 Å². The van der Waals surface area contributed by atoms with E-state index in [-0.39, 0.29) is 11.9 Å². The molecule has 3 aromatic rings. The second kappa shape index (κ2) is 8.76. The summed E-state index contributed by atoms with van der Waals surface area (Å²) < 4.78 is 26.9. The van der Waals surface area contributed by atoms with Gasteiger partial charge in [-0.05, 0) is 49.6 Å². The lowest BCUT2D eigenvalue weighted by atomic mass is 10.1. The molecule has 1 fully saturated rings. The predicted octanol–water partition coefficient (Wildman–Crippen LogP) is 4.26. The highest BCUT2D eigenvalue weighted by Gasteiger charge is 2.18. The lowest BCUT2D eigenvalue weighted by Gasteiger charge is -2.11. The Labute approximate surface area is 170 Å². The first-order chi connectivity index (χ1) is 14.2. The molecule has 0 amide bonds. The molecule has 1 atom stereocenters. The molecule has 0 radical (unpaired) electrons. The van der Waals surface area contributed by atoms with Crippen LogP contribution >= 0.6 is 0 Å². The molecule has 6 heteroatoms. The minimum Gasteiger partial charge on any atom is -0.494 e. The molecule has 0 bridgehead atoms. The third kappa shape index (κ3) is 4.33. The van der Waals surface area contributed by atoms with Gasteiger partial charge < -0.3 is 14.8 Å². The molecule has 152 valence electrons. The van der Waals surface area contributed by atoms with E-state index < -0.39 is 5.82 Å². The molecular formula is C23H26FN3O2. The van der Waals surface area contributed by atoms with Gasteiger partial charge in [0, 0.05) is 37.0 Å². The van der Waals surface area contributed by atoms with Crippen LogP contribution in [0, 0.1) is 12.7 Å². The Morgan fingerprint density at radius 1 is 1.28 bits per heavy atom. The van der Waals surface area contributed by atoms with Crippen molar-refractivity contribution in [1.82, 2.24) is 15.1 Å². The smallest absolute Gasteiger partial charge is 0.165 e. The molecule has 1 saturated heterocycles. The minimum atomic E-state index is -0.395. The molecule has 1 N–H and O–H groups in total. The van der Waals surface area contributed by atoms with Gasteiger partial charge in [0.15, 0.2) is 11.6 Å². The van der Waals surface area contributed by atoms with Gasteiger partial charge in [-0.1, -0.05) is 18.2 Å². The Morgan fingerprint density at radius 3 is 2.86 bits per heavy atom. The largest absolute Gasteiger partial charge is 0.494 e. The number of methoxy groups -OCH3 is 1. The molecule has 4 rings (SSSR count). The fraction of sp³-hybridized carbons (Fsp3) is 0.348. The number of aryl methyl sites for hydroxylation is 1. The van der Waals surface area contributed by atoms with Crippen molar-refractivity contribution in [1.29, 1.82) is 0 Å². The summed E-state index contributed by atoms with van der Waals surface area (Å²) in [6, 6.07) is 13.0. The van der Waals surface area contributed by atoms with Gasteiger partial charge in [0.1, 0.15) is 0 Å². The minimum absolute atomic E-state index is 0.227. The van der Waals surface area contributed by atoms with Crippen molar-refractivity contribution in [3.8, 4) is 22.7 Å². The summed E-state index contributed by atoms with van der Waals surface area (Å²) in [5.74, 6) is -0.168. The van der Waals surface area contributed by atoms with E-state index in [4.69, 9.17) is 14.6 Å². The molecule has 29 heavy (non-hydrogen) atoms. The maximum absolute atomic E-state index is 14.3. The molecule has 2 aromatic carbocycles. The Hall–Kier alpha value is -2.70. The summed E-state index contributed by atoms with van der Waals surface area (Å²) in [7, 11) is 1.46. The van der Waals surface area contributed by atoms with Crippen LogP contribution in [0.15, 0.2) is 48.7 Å². The summed E-state index contributed by atoms with van der Waals surface area (Å²) in [5.41, 5.74) is 4.63. The monoisotopic (exact) mass is 395 g/mol. The maximum Gasteiger partial charge on any atom is 0.165 e. The van der Waals surface area contributed by atoms with E-state index in [9.17, 15) is 4.39 Å². The van der Waals surface area contributed by atoms with Crippen LogP contribution in [0.1, 0.15) is 24.0 Å². The predicted molar refractivity (Wildman–Crippen MR) is 111 cm³/mol. The second-order valence-electron chi connectivity index (χ2n) is 7.35. The number of ether oxygens (including phenoxy) is 2. The topological polar surface area (TPSA) is 48.3 Å². The SMILES string of the molecule is COc1ccc(-c2nn(-c3ccccc3C)cc2CNC[C@H]2CCCO2)cc1F. The van der Waals surface area contributed by atoms with Crippen molar-refractivity contribution in [2.75, 3.05) is 20.3 Å². The highest BCUT2D eigenvalue weighted by atomic mass is 19.1. The Morgan fingerprint density at radius 2 is 2.14 bits per heavy atom. The van der Waals surface area contributed by atoms with Crippen LogP contribution in [-0.4, -0.2) is 36.1 Å². The van der Waals surface area contributed by atoms with E-state index in [1.807, 2.05) is 35.1 Å². The summed E-state index contributed by atoms with van der Waals surface area (Å²) in [6.07, 6.45) is 4.49.